The summed E-state index contributed by atoms with van der Waals surface area (Å²) in [6, 6.07) is 6.26. The van der Waals surface area contributed by atoms with Gasteiger partial charge in [-0.25, -0.2) is 0 Å². The van der Waals surface area contributed by atoms with Crippen LogP contribution in [0.25, 0.3) is 0 Å². The molecule has 1 unspecified atom stereocenters. The molecule has 0 saturated heterocycles. The van der Waals surface area contributed by atoms with Crippen LogP contribution in [0.4, 0.5) is 5.69 Å². The van der Waals surface area contributed by atoms with Crippen molar-refractivity contribution in [3.63, 3.8) is 0 Å². The van der Waals surface area contributed by atoms with Crippen molar-refractivity contribution in [2.45, 2.75) is 19.8 Å². The number of ether oxygens (including phenoxy) is 1. The Morgan fingerprint density at radius 2 is 2.38 bits per heavy atom. The van der Waals surface area contributed by atoms with Crippen molar-refractivity contribution in [1.29, 1.82) is 0 Å². The molecule has 1 N–H and O–H groups in total. The second-order valence-electron chi connectivity index (χ2n) is 4.33. The Morgan fingerprint density at radius 1 is 1.56 bits per heavy atom. The first-order valence-corrected chi connectivity index (χ1v) is 5.60. The third-order valence-corrected chi connectivity index (χ3v) is 3.17. The molecule has 3 nitrogen and oxygen atoms in total. The third kappa shape index (κ3) is 2.18. The molecule has 16 heavy (non-hydrogen) atoms. The number of esters is 1. The Hall–Kier alpha value is -1.51. The Bertz CT molecular complexity index is 401. The van der Waals surface area contributed by atoms with Crippen molar-refractivity contribution < 1.29 is 9.53 Å². The lowest BCUT2D eigenvalue weighted by Crippen LogP contribution is -2.26. The molecule has 0 aliphatic carbocycles. The summed E-state index contributed by atoms with van der Waals surface area (Å²) in [4.78, 5) is 11.2. The van der Waals surface area contributed by atoms with Crippen molar-refractivity contribution >= 4 is 11.7 Å². The number of fused-ring (bicyclic) bond motifs is 1. The summed E-state index contributed by atoms with van der Waals surface area (Å²) in [6.45, 7) is 2.96. The minimum Gasteiger partial charge on any atom is -0.469 e. The summed E-state index contributed by atoms with van der Waals surface area (Å²) >= 11 is 0. The van der Waals surface area contributed by atoms with E-state index in [0.717, 1.165) is 13.0 Å². The van der Waals surface area contributed by atoms with Crippen LogP contribution in [0.2, 0.25) is 0 Å². The van der Waals surface area contributed by atoms with Crippen molar-refractivity contribution in [3.05, 3.63) is 29.3 Å². The van der Waals surface area contributed by atoms with Crippen LogP contribution >= 0.6 is 0 Å². The molecule has 1 heterocycles. The van der Waals surface area contributed by atoms with Gasteiger partial charge < -0.3 is 10.1 Å². The number of rotatable bonds is 2. The van der Waals surface area contributed by atoms with Crippen molar-refractivity contribution in [2.24, 2.45) is 5.92 Å². The fourth-order valence-corrected chi connectivity index (χ4v) is 2.22. The lowest BCUT2D eigenvalue weighted by atomic mass is 9.89. The van der Waals surface area contributed by atoms with Crippen LogP contribution in [0.3, 0.4) is 0 Å². The molecule has 3 heteroatoms. The quantitative estimate of drug-likeness (QED) is 0.774. The SMILES string of the molecule is COC(=O)CC1CNc2cccc(C)c2C1. The Kier molecular flexibility index (Phi) is 3.13. The fraction of sp³-hybridized carbons (Fsp3) is 0.462. The highest BCUT2D eigenvalue weighted by Crippen LogP contribution is 2.28. The fourth-order valence-electron chi connectivity index (χ4n) is 2.22. The Balaban J connectivity index is 2.11. The van der Waals surface area contributed by atoms with Crippen LogP contribution in [0, 0.1) is 12.8 Å². The largest absolute Gasteiger partial charge is 0.469 e. The Labute approximate surface area is 95.8 Å². The first-order valence-electron chi connectivity index (χ1n) is 5.60. The van der Waals surface area contributed by atoms with Crippen LogP contribution in [0.15, 0.2) is 18.2 Å². The van der Waals surface area contributed by atoms with E-state index in [9.17, 15) is 4.79 Å². The lowest BCUT2D eigenvalue weighted by Gasteiger charge is -2.26. The second-order valence-corrected chi connectivity index (χ2v) is 4.33. The molecule has 0 saturated carbocycles. The number of hydrogen-bond acceptors (Lipinski definition) is 3. The lowest BCUT2D eigenvalue weighted by molar-refractivity contribution is -0.141. The molecule has 0 spiro atoms. The maximum atomic E-state index is 11.2. The van der Waals surface area contributed by atoms with Crippen molar-refractivity contribution in [2.75, 3.05) is 19.0 Å². The molecule has 0 bridgehead atoms. The molecule has 0 amide bonds. The zero-order valence-electron chi connectivity index (χ0n) is 9.75. The van der Waals surface area contributed by atoms with Crippen LogP contribution in [-0.2, 0) is 16.0 Å². The first kappa shape index (κ1) is 11.0. The van der Waals surface area contributed by atoms with Gasteiger partial charge >= 0.3 is 5.97 Å². The number of benzene rings is 1. The molecule has 86 valence electrons. The highest BCUT2D eigenvalue weighted by molar-refractivity contribution is 5.70. The highest BCUT2D eigenvalue weighted by Gasteiger charge is 2.21. The van der Waals surface area contributed by atoms with E-state index in [2.05, 4.69) is 30.4 Å². The molecule has 0 aromatic heterocycles. The van der Waals surface area contributed by atoms with Gasteiger partial charge in [0.25, 0.3) is 0 Å². The van der Waals surface area contributed by atoms with Gasteiger partial charge in [-0.15, -0.1) is 0 Å². The van der Waals surface area contributed by atoms with Crippen LogP contribution in [-0.4, -0.2) is 19.6 Å². The van der Waals surface area contributed by atoms with Gasteiger partial charge in [0.15, 0.2) is 0 Å². The predicted octanol–water partition coefficient (Wildman–Crippen LogP) is 2.14. The standard InChI is InChI=1S/C13H17NO2/c1-9-4-3-5-12-11(9)6-10(8-14-12)7-13(15)16-2/h3-5,10,14H,6-8H2,1-2H3. The number of anilines is 1. The molecular weight excluding hydrogens is 202 g/mol. The van der Waals surface area contributed by atoms with E-state index >= 15 is 0 Å². The van der Waals surface area contributed by atoms with Gasteiger partial charge in [-0.3, -0.25) is 4.79 Å². The molecule has 0 radical (unpaired) electrons. The van der Waals surface area contributed by atoms with E-state index in [4.69, 9.17) is 4.74 Å². The molecule has 1 aliphatic heterocycles. The van der Waals surface area contributed by atoms with Gasteiger partial charge in [0, 0.05) is 12.2 Å². The summed E-state index contributed by atoms with van der Waals surface area (Å²) in [5, 5.41) is 3.38. The van der Waals surface area contributed by atoms with Crippen LogP contribution < -0.4 is 5.32 Å². The van der Waals surface area contributed by atoms with Gasteiger partial charge in [-0.2, -0.15) is 0 Å². The monoisotopic (exact) mass is 219 g/mol. The zero-order valence-corrected chi connectivity index (χ0v) is 9.75. The van der Waals surface area contributed by atoms with E-state index < -0.39 is 0 Å². The average Bonchev–Trinajstić information content (AvgIpc) is 2.30. The van der Waals surface area contributed by atoms with Crippen LogP contribution in [0.5, 0.6) is 0 Å². The maximum absolute atomic E-state index is 11.2. The summed E-state index contributed by atoms with van der Waals surface area (Å²) in [5.74, 6) is 0.227. The summed E-state index contributed by atoms with van der Waals surface area (Å²) in [5.41, 5.74) is 3.84. The number of aryl methyl sites for hydroxylation is 1. The molecule has 1 aliphatic rings. The average molecular weight is 219 g/mol. The maximum Gasteiger partial charge on any atom is 0.305 e. The van der Waals surface area contributed by atoms with E-state index in [1.807, 2.05) is 0 Å². The number of nitrogens with one attached hydrogen (secondary N) is 1. The predicted molar refractivity (Wildman–Crippen MR) is 63.5 cm³/mol. The second kappa shape index (κ2) is 4.56. The zero-order chi connectivity index (χ0) is 11.5. The van der Waals surface area contributed by atoms with Gasteiger partial charge in [0.1, 0.15) is 0 Å². The van der Waals surface area contributed by atoms with E-state index in [-0.39, 0.29) is 5.97 Å². The molecular formula is C13H17NO2. The smallest absolute Gasteiger partial charge is 0.305 e. The Morgan fingerprint density at radius 3 is 3.12 bits per heavy atom. The number of hydrogen-bond donors (Lipinski definition) is 1. The van der Waals surface area contributed by atoms with Gasteiger partial charge in [0.2, 0.25) is 0 Å². The molecule has 0 fully saturated rings. The number of carbonyl (C=O) groups is 1. The molecule has 1 aromatic carbocycles. The van der Waals surface area contributed by atoms with E-state index in [1.165, 1.54) is 23.9 Å². The molecule has 2 rings (SSSR count). The first-order chi connectivity index (χ1) is 7.70. The minimum absolute atomic E-state index is 0.121. The van der Waals surface area contributed by atoms with Crippen molar-refractivity contribution in [1.82, 2.24) is 0 Å². The van der Waals surface area contributed by atoms with Crippen LogP contribution in [0.1, 0.15) is 17.5 Å². The third-order valence-electron chi connectivity index (χ3n) is 3.17. The highest BCUT2D eigenvalue weighted by atomic mass is 16.5. The summed E-state index contributed by atoms with van der Waals surface area (Å²) < 4.78 is 4.70. The number of carbonyl (C=O) groups excluding carboxylic acids is 1. The van der Waals surface area contributed by atoms with Gasteiger partial charge in [-0.05, 0) is 36.5 Å². The van der Waals surface area contributed by atoms with Gasteiger partial charge in [0.05, 0.1) is 13.5 Å². The van der Waals surface area contributed by atoms with E-state index in [1.54, 1.807) is 0 Å². The topological polar surface area (TPSA) is 38.3 Å². The molecule has 1 atom stereocenters. The van der Waals surface area contributed by atoms with Crippen molar-refractivity contribution in [3.8, 4) is 0 Å². The summed E-state index contributed by atoms with van der Waals surface area (Å²) in [7, 11) is 1.44. The minimum atomic E-state index is -0.121. The van der Waals surface area contributed by atoms with E-state index in [0.29, 0.717) is 12.3 Å². The normalized spacial score (nSPS) is 18.5. The molecule has 1 aromatic rings. The summed E-state index contributed by atoms with van der Waals surface area (Å²) in [6.07, 6.45) is 1.46. The van der Waals surface area contributed by atoms with Gasteiger partial charge in [-0.1, -0.05) is 12.1 Å². The number of methoxy groups -OCH3 is 1.